The number of fused-ring (bicyclic) bond motifs is 1. The highest BCUT2D eigenvalue weighted by molar-refractivity contribution is 5.94. The fraction of sp³-hybridized carbons (Fsp3) is 0.0526. The molecule has 23 heavy (non-hydrogen) atoms. The van der Waals surface area contributed by atoms with Crippen molar-refractivity contribution in [2.24, 2.45) is 0 Å². The zero-order valence-electron chi connectivity index (χ0n) is 12.5. The summed E-state index contributed by atoms with van der Waals surface area (Å²) in [5, 5.41) is 13.2. The third kappa shape index (κ3) is 2.44. The van der Waals surface area contributed by atoms with E-state index in [0.29, 0.717) is 5.69 Å². The predicted octanol–water partition coefficient (Wildman–Crippen LogP) is 3.39. The predicted molar refractivity (Wildman–Crippen MR) is 89.7 cm³/mol. The lowest BCUT2D eigenvalue weighted by Gasteiger charge is -2.05. The maximum Gasteiger partial charge on any atom is 0.244 e. The highest BCUT2D eigenvalue weighted by atomic mass is 16.5. The van der Waals surface area contributed by atoms with Crippen LogP contribution in [0.15, 0.2) is 79.4 Å². The van der Waals surface area contributed by atoms with E-state index in [1.54, 1.807) is 6.20 Å². The Bertz CT molecular complexity index is 961. The number of hydrogen-bond donors (Lipinski definition) is 0. The minimum atomic E-state index is 0.565. The first-order chi connectivity index (χ1) is 11.3. The van der Waals surface area contributed by atoms with Crippen LogP contribution in [0.3, 0.4) is 0 Å². The van der Waals surface area contributed by atoms with E-state index in [4.69, 9.17) is 0 Å². The van der Waals surface area contributed by atoms with Crippen molar-refractivity contribution in [2.75, 3.05) is 0 Å². The number of aromatic nitrogens is 3. The van der Waals surface area contributed by atoms with E-state index >= 15 is 0 Å². The lowest BCUT2D eigenvalue weighted by molar-refractivity contribution is -0.594. The Balaban J connectivity index is 1.89. The topological polar surface area (TPSA) is 44.8 Å². The second kappa shape index (κ2) is 5.57. The van der Waals surface area contributed by atoms with Gasteiger partial charge in [0, 0.05) is 23.6 Å². The number of rotatable bonds is 3. The van der Waals surface area contributed by atoms with E-state index in [2.05, 4.69) is 27.8 Å². The van der Waals surface area contributed by atoms with Gasteiger partial charge in [0.15, 0.2) is 6.20 Å². The molecule has 0 N–H and O–H groups in total. The molecule has 0 amide bonds. The lowest BCUT2D eigenvalue weighted by atomic mass is 10.1. The minimum absolute atomic E-state index is 0.565. The molecule has 0 atom stereocenters. The average Bonchev–Trinajstić information content (AvgIpc) is 2.95. The summed E-state index contributed by atoms with van der Waals surface area (Å²) in [4.78, 5) is 4.09. The number of benzene rings is 2. The zero-order valence-corrected chi connectivity index (χ0v) is 12.5. The SMILES string of the molecule is [O-][n+]1ccncc1-c1cn(Cc2ccccc2)c2ccccc12. The largest absolute Gasteiger partial charge is 0.618 e. The normalized spacial score (nSPS) is 11.0. The molecular weight excluding hydrogens is 286 g/mol. The van der Waals surface area contributed by atoms with Crippen molar-refractivity contribution in [1.82, 2.24) is 9.55 Å². The van der Waals surface area contributed by atoms with Gasteiger partial charge in [0.05, 0.1) is 11.8 Å². The average molecular weight is 301 g/mol. The molecule has 0 bridgehead atoms. The van der Waals surface area contributed by atoms with Crippen LogP contribution in [-0.2, 0) is 6.54 Å². The summed E-state index contributed by atoms with van der Waals surface area (Å²) in [5.41, 5.74) is 3.80. The van der Waals surface area contributed by atoms with Gasteiger partial charge in [0.1, 0.15) is 6.20 Å². The van der Waals surface area contributed by atoms with Gasteiger partial charge in [-0.2, -0.15) is 4.73 Å². The maximum absolute atomic E-state index is 12.1. The van der Waals surface area contributed by atoms with Gasteiger partial charge >= 0.3 is 0 Å². The molecule has 2 aromatic heterocycles. The Morgan fingerprint density at radius 2 is 1.78 bits per heavy atom. The van der Waals surface area contributed by atoms with Crippen molar-refractivity contribution >= 4 is 10.9 Å². The van der Waals surface area contributed by atoms with Crippen LogP contribution >= 0.6 is 0 Å². The summed E-state index contributed by atoms with van der Waals surface area (Å²) in [6.07, 6.45) is 6.57. The van der Waals surface area contributed by atoms with E-state index in [9.17, 15) is 5.21 Å². The Hall–Kier alpha value is -3.14. The molecule has 2 heterocycles. The van der Waals surface area contributed by atoms with Crippen LogP contribution in [0.1, 0.15) is 5.56 Å². The number of nitrogens with zero attached hydrogens (tertiary/aromatic N) is 3. The summed E-state index contributed by atoms with van der Waals surface area (Å²) >= 11 is 0. The molecule has 4 rings (SSSR count). The van der Waals surface area contributed by atoms with Crippen LogP contribution in [0.4, 0.5) is 0 Å². The third-order valence-corrected chi connectivity index (χ3v) is 3.98. The van der Waals surface area contributed by atoms with Crippen LogP contribution in [0.2, 0.25) is 0 Å². The van der Waals surface area contributed by atoms with Gasteiger partial charge in [-0.15, -0.1) is 0 Å². The molecule has 112 valence electrons. The molecule has 0 saturated heterocycles. The van der Waals surface area contributed by atoms with Gasteiger partial charge < -0.3 is 9.77 Å². The molecule has 0 saturated carbocycles. The summed E-state index contributed by atoms with van der Waals surface area (Å²) in [6.45, 7) is 0.764. The quantitative estimate of drug-likeness (QED) is 0.430. The van der Waals surface area contributed by atoms with Gasteiger partial charge in [-0.05, 0) is 11.6 Å². The van der Waals surface area contributed by atoms with Gasteiger partial charge in [0.25, 0.3) is 0 Å². The number of para-hydroxylation sites is 1. The minimum Gasteiger partial charge on any atom is -0.618 e. The molecule has 0 aliphatic heterocycles. The van der Waals surface area contributed by atoms with Crippen LogP contribution < -0.4 is 4.73 Å². The van der Waals surface area contributed by atoms with E-state index in [-0.39, 0.29) is 0 Å². The summed E-state index contributed by atoms with van der Waals surface area (Å²) in [5.74, 6) is 0. The Morgan fingerprint density at radius 1 is 1.00 bits per heavy atom. The molecule has 4 heteroatoms. The van der Waals surface area contributed by atoms with Gasteiger partial charge in [0.2, 0.25) is 5.69 Å². The molecule has 0 fully saturated rings. The summed E-state index contributed by atoms with van der Waals surface area (Å²) < 4.78 is 3.04. The number of hydrogen-bond acceptors (Lipinski definition) is 2. The third-order valence-electron chi connectivity index (χ3n) is 3.98. The molecule has 0 aliphatic carbocycles. The smallest absolute Gasteiger partial charge is 0.244 e. The standard InChI is InChI=1S/C19H15N3O/c23-22-11-10-20-12-19(22)17-14-21(13-15-6-2-1-3-7-15)18-9-5-4-8-16(17)18/h1-12,14H,13H2. The molecule has 0 aliphatic rings. The van der Waals surface area contributed by atoms with Crippen molar-refractivity contribution in [3.05, 3.63) is 90.2 Å². The van der Waals surface area contributed by atoms with Gasteiger partial charge in [-0.25, -0.2) is 0 Å². The molecular formula is C19H15N3O. The Labute approximate surface area is 133 Å². The van der Waals surface area contributed by atoms with Gasteiger partial charge in [-0.3, -0.25) is 4.98 Å². The first-order valence-electron chi connectivity index (χ1n) is 7.48. The van der Waals surface area contributed by atoms with Crippen molar-refractivity contribution in [1.29, 1.82) is 0 Å². The summed E-state index contributed by atoms with van der Waals surface area (Å²) in [7, 11) is 0. The van der Waals surface area contributed by atoms with Crippen molar-refractivity contribution in [3.63, 3.8) is 0 Å². The van der Waals surface area contributed by atoms with Crippen molar-refractivity contribution in [3.8, 4) is 11.3 Å². The summed E-state index contributed by atoms with van der Waals surface area (Å²) in [6, 6.07) is 18.4. The highest BCUT2D eigenvalue weighted by Gasteiger charge is 2.16. The van der Waals surface area contributed by atoms with E-state index in [1.807, 2.05) is 42.6 Å². The first kappa shape index (κ1) is 13.5. The first-order valence-corrected chi connectivity index (χ1v) is 7.48. The lowest BCUT2D eigenvalue weighted by Crippen LogP contribution is -2.28. The van der Waals surface area contributed by atoms with E-state index in [1.165, 1.54) is 18.0 Å². The highest BCUT2D eigenvalue weighted by Crippen LogP contribution is 2.28. The molecule has 0 unspecified atom stereocenters. The maximum atomic E-state index is 12.1. The second-order valence-electron chi connectivity index (χ2n) is 5.46. The Kier molecular flexibility index (Phi) is 3.27. The van der Waals surface area contributed by atoms with Crippen LogP contribution in [-0.4, -0.2) is 9.55 Å². The van der Waals surface area contributed by atoms with Crippen LogP contribution in [0.25, 0.3) is 22.2 Å². The Morgan fingerprint density at radius 3 is 2.61 bits per heavy atom. The van der Waals surface area contributed by atoms with Gasteiger partial charge in [-0.1, -0.05) is 48.5 Å². The molecule has 4 nitrogen and oxygen atoms in total. The van der Waals surface area contributed by atoms with Crippen molar-refractivity contribution in [2.45, 2.75) is 6.54 Å². The second-order valence-corrected chi connectivity index (χ2v) is 5.46. The van der Waals surface area contributed by atoms with Crippen molar-refractivity contribution < 1.29 is 4.73 Å². The monoisotopic (exact) mass is 301 g/mol. The van der Waals surface area contributed by atoms with Crippen LogP contribution in [0, 0.1) is 5.21 Å². The zero-order chi connectivity index (χ0) is 15.6. The fourth-order valence-electron chi connectivity index (χ4n) is 2.90. The van der Waals surface area contributed by atoms with E-state index < -0.39 is 0 Å². The van der Waals surface area contributed by atoms with E-state index in [0.717, 1.165) is 27.7 Å². The van der Waals surface area contributed by atoms with Crippen LogP contribution in [0.5, 0.6) is 0 Å². The molecule has 0 spiro atoms. The fourth-order valence-corrected chi connectivity index (χ4v) is 2.90. The molecule has 2 aromatic carbocycles. The molecule has 4 aromatic rings. The molecule has 0 radical (unpaired) electrons.